The predicted octanol–water partition coefficient (Wildman–Crippen LogP) is 4.46. The van der Waals surface area contributed by atoms with Crippen molar-refractivity contribution in [1.29, 1.82) is 0 Å². The van der Waals surface area contributed by atoms with Crippen molar-refractivity contribution >= 4 is 28.5 Å². The average molecular weight is 385 g/mol. The van der Waals surface area contributed by atoms with Crippen LogP contribution < -0.4 is 0 Å². The van der Waals surface area contributed by atoms with Crippen molar-refractivity contribution in [3.63, 3.8) is 0 Å². The SMILES string of the molecule is CC(=O)c1c(C)[nH]c(C(=O)C(C)OC(=O)c2oc3ccc(F)cc3c2C)c1C. The van der Waals surface area contributed by atoms with Crippen molar-refractivity contribution in [2.45, 2.75) is 40.7 Å². The van der Waals surface area contributed by atoms with E-state index in [9.17, 15) is 18.8 Å². The number of ketones is 2. The highest BCUT2D eigenvalue weighted by molar-refractivity contribution is 6.06. The van der Waals surface area contributed by atoms with Crippen molar-refractivity contribution in [3.05, 3.63) is 57.9 Å². The van der Waals surface area contributed by atoms with E-state index in [0.29, 0.717) is 33.4 Å². The Morgan fingerprint density at radius 2 is 1.82 bits per heavy atom. The van der Waals surface area contributed by atoms with Crippen LogP contribution in [0.5, 0.6) is 0 Å². The Labute approximate surface area is 160 Å². The van der Waals surface area contributed by atoms with Gasteiger partial charge in [0.2, 0.25) is 11.5 Å². The van der Waals surface area contributed by atoms with Crippen LogP contribution in [0, 0.1) is 26.6 Å². The Morgan fingerprint density at radius 1 is 1.14 bits per heavy atom. The molecule has 28 heavy (non-hydrogen) atoms. The third-order valence-electron chi connectivity index (χ3n) is 4.77. The van der Waals surface area contributed by atoms with Crippen molar-refractivity contribution in [3.8, 4) is 0 Å². The molecule has 1 unspecified atom stereocenters. The first-order chi connectivity index (χ1) is 13.1. The summed E-state index contributed by atoms with van der Waals surface area (Å²) in [5, 5.41) is 0.466. The minimum Gasteiger partial charge on any atom is -0.449 e. The van der Waals surface area contributed by atoms with Crippen molar-refractivity contribution in [2.75, 3.05) is 0 Å². The number of nitrogens with one attached hydrogen (secondary N) is 1. The number of ether oxygens (including phenoxy) is 1. The number of aryl methyl sites for hydroxylation is 2. The lowest BCUT2D eigenvalue weighted by Crippen LogP contribution is -2.25. The monoisotopic (exact) mass is 385 g/mol. The summed E-state index contributed by atoms with van der Waals surface area (Å²) in [5.74, 6) is -1.95. The van der Waals surface area contributed by atoms with Gasteiger partial charge in [0.05, 0.1) is 5.69 Å². The molecule has 1 aromatic carbocycles. The fourth-order valence-electron chi connectivity index (χ4n) is 3.38. The second-order valence-electron chi connectivity index (χ2n) is 6.79. The van der Waals surface area contributed by atoms with Crippen LogP contribution in [0.15, 0.2) is 22.6 Å². The molecule has 1 N–H and O–H groups in total. The Balaban J connectivity index is 1.85. The van der Waals surface area contributed by atoms with Gasteiger partial charge in [-0.3, -0.25) is 9.59 Å². The summed E-state index contributed by atoms with van der Waals surface area (Å²) >= 11 is 0. The number of furan rings is 1. The summed E-state index contributed by atoms with van der Waals surface area (Å²) in [5.41, 5.74) is 2.58. The Kier molecular flexibility index (Phi) is 4.93. The van der Waals surface area contributed by atoms with Crippen molar-refractivity contribution in [2.24, 2.45) is 0 Å². The molecule has 1 atom stereocenters. The lowest BCUT2D eigenvalue weighted by molar-refractivity contribution is 0.0288. The van der Waals surface area contributed by atoms with E-state index in [1.54, 1.807) is 20.8 Å². The fourth-order valence-corrected chi connectivity index (χ4v) is 3.38. The van der Waals surface area contributed by atoms with Crippen LogP contribution in [-0.2, 0) is 4.74 Å². The van der Waals surface area contributed by atoms with Crippen LogP contribution >= 0.6 is 0 Å². The van der Waals surface area contributed by atoms with Crippen LogP contribution in [0.1, 0.15) is 62.1 Å². The van der Waals surface area contributed by atoms with Gasteiger partial charge in [0.25, 0.3) is 0 Å². The molecule has 0 aliphatic rings. The second kappa shape index (κ2) is 7.07. The van der Waals surface area contributed by atoms with Crippen molar-refractivity contribution < 1.29 is 27.9 Å². The van der Waals surface area contributed by atoms with Crippen molar-refractivity contribution in [1.82, 2.24) is 4.98 Å². The average Bonchev–Trinajstić information content (AvgIpc) is 3.10. The normalized spacial score (nSPS) is 12.2. The first-order valence-electron chi connectivity index (χ1n) is 8.75. The zero-order valence-electron chi connectivity index (χ0n) is 16.2. The molecule has 0 aliphatic carbocycles. The Bertz CT molecular complexity index is 1120. The Morgan fingerprint density at radius 3 is 2.43 bits per heavy atom. The number of carbonyl (C=O) groups excluding carboxylic acids is 3. The standard InChI is InChI=1S/C21H20FNO5/c1-9-15-8-14(22)6-7-16(15)28-20(9)21(26)27-13(5)19(25)18-10(2)17(12(4)24)11(3)23-18/h6-8,13,23H,1-5H3. The van der Waals surface area contributed by atoms with Gasteiger partial charge in [-0.25, -0.2) is 9.18 Å². The molecule has 0 fully saturated rings. The lowest BCUT2D eigenvalue weighted by atomic mass is 10.0. The first kappa shape index (κ1) is 19.5. The minimum absolute atomic E-state index is 0.0796. The van der Waals surface area contributed by atoms with Gasteiger partial charge in [-0.1, -0.05) is 0 Å². The highest BCUT2D eigenvalue weighted by Crippen LogP contribution is 2.27. The molecule has 6 nitrogen and oxygen atoms in total. The number of fused-ring (bicyclic) bond motifs is 1. The van der Waals surface area contributed by atoms with Crippen LogP contribution in [0.25, 0.3) is 11.0 Å². The Hall–Kier alpha value is -3.22. The summed E-state index contributed by atoms with van der Waals surface area (Å²) in [7, 11) is 0. The molecule has 3 rings (SSSR count). The zero-order chi connectivity index (χ0) is 20.7. The van der Waals surface area contributed by atoms with Gasteiger partial charge in [-0.05, 0) is 58.4 Å². The predicted molar refractivity (Wildman–Crippen MR) is 100 cm³/mol. The molecule has 2 heterocycles. The van der Waals surface area contributed by atoms with E-state index in [1.807, 2.05) is 0 Å². The van der Waals surface area contributed by atoms with Gasteiger partial charge < -0.3 is 14.1 Å². The molecule has 0 radical (unpaired) electrons. The van der Waals surface area contributed by atoms with E-state index in [2.05, 4.69) is 4.98 Å². The molecule has 0 bridgehead atoms. The number of Topliss-reactive ketones (excluding diaryl/α,β-unsaturated/α-hetero) is 2. The van der Waals surface area contributed by atoms with E-state index in [-0.39, 0.29) is 17.2 Å². The third-order valence-corrected chi connectivity index (χ3v) is 4.77. The number of esters is 1. The molecular weight excluding hydrogens is 365 g/mol. The fraction of sp³-hybridized carbons (Fsp3) is 0.286. The molecule has 146 valence electrons. The lowest BCUT2D eigenvalue weighted by Gasteiger charge is -2.11. The minimum atomic E-state index is -1.10. The molecule has 0 amide bonds. The summed E-state index contributed by atoms with van der Waals surface area (Å²) < 4.78 is 24.2. The maximum atomic E-state index is 13.4. The van der Waals surface area contributed by atoms with Crippen LogP contribution in [0.2, 0.25) is 0 Å². The molecule has 7 heteroatoms. The van der Waals surface area contributed by atoms with E-state index >= 15 is 0 Å². The highest BCUT2D eigenvalue weighted by Gasteiger charge is 2.28. The van der Waals surface area contributed by atoms with Gasteiger partial charge in [0, 0.05) is 22.2 Å². The van der Waals surface area contributed by atoms with Gasteiger partial charge in [0.1, 0.15) is 11.4 Å². The van der Waals surface area contributed by atoms with E-state index in [4.69, 9.17) is 9.15 Å². The van der Waals surface area contributed by atoms with Crippen LogP contribution in [-0.4, -0.2) is 28.6 Å². The van der Waals surface area contributed by atoms with Gasteiger partial charge in [-0.2, -0.15) is 0 Å². The molecule has 0 saturated carbocycles. The number of halogens is 1. The number of carbonyl (C=O) groups is 3. The van der Waals surface area contributed by atoms with Gasteiger partial charge in [-0.15, -0.1) is 0 Å². The summed E-state index contributed by atoms with van der Waals surface area (Å²) in [6.45, 7) is 7.86. The molecule has 0 saturated heterocycles. The maximum absolute atomic E-state index is 13.4. The van der Waals surface area contributed by atoms with Gasteiger partial charge in [0.15, 0.2) is 11.9 Å². The smallest absolute Gasteiger partial charge is 0.375 e. The summed E-state index contributed by atoms with van der Waals surface area (Å²) in [4.78, 5) is 39.9. The van der Waals surface area contributed by atoms with E-state index in [1.165, 1.54) is 32.0 Å². The molecule has 0 aliphatic heterocycles. The van der Waals surface area contributed by atoms with E-state index < -0.39 is 23.7 Å². The number of benzene rings is 1. The maximum Gasteiger partial charge on any atom is 0.375 e. The summed E-state index contributed by atoms with van der Waals surface area (Å²) in [6, 6.07) is 3.93. The highest BCUT2D eigenvalue weighted by atomic mass is 19.1. The van der Waals surface area contributed by atoms with Gasteiger partial charge >= 0.3 is 5.97 Å². The zero-order valence-corrected chi connectivity index (χ0v) is 16.2. The van der Waals surface area contributed by atoms with E-state index in [0.717, 1.165) is 0 Å². The third kappa shape index (κ3) is 3.24. The second-order valence-corrected chi connectivity index (χ2v) is 6.79. The number of aromatic nitrogens is 1. The number of aromatic amines is 1. The topological polar surface area (TPSA) is 89.4 Å². The quantitative estimate of drug-likeness (QED) is 0.517. The first-order valence-corrected chi connectivity index (χ1v) is 8.75. The number of hydrogen-bond donors (Lipinski definition) is 1. The molecule has 3 aromatic rings. The number of hydrogen-bond acceptors (Lipinski definition) is 5. The molecule has 2 aromatic heterocycles. The molecule has 0 spiro atoms. The van der Waals surface area contributed by atoms with Crippen LogP contribution in [0.3, 0.4) is 0 Å². The largest absolute Gasteiger partial charge is 0.449 e. The number of rotatable bonds is 5. The number of H-pyrrole nitrogens is 1. The summed E-state index contributed by atoms with van der Waals surface area (Å²) in [6.07, 6.45) is -1.10. The van der Waals surface area contributed by atoms with Crippen LogP contribution in [0.4, 0.5) is 4.39 Å². The molecular formula is C21H20FNO5.